The van der Waals surface area contributed by atoms with Gasteiger partial charge in [-0.15, -0.1) is 11.3 Å². The van der Waals surface area contributed by atoms with Crippen LogP contribution in [0.25, 0.3) is 0 Å². The fraction of sp³-hybridized carbons (Fsp3) is 0.455. The van der Waals surface area contributed by atoms with Gasteiger partial charge in [0.15, 0.2) is 6.04 Å². The van der Waals surface area contributed by atoms with Gasteiger partial charge in [-0.1, -0.05) is 6.07 Å². The molecule has 1 aromatic heterocycles. The van der Waals surface area contributed by atoms with Crippen LogP contribution in [-0.4, -0.2) is 34.4 Å². The van der Waals surface area contributed by atoms with E-state index in [-0.39, 0.29) is 6.04 Å². The second-order valence-electron chi connectivity index (χ2n) is 3.91. The first-order valence-electron chi connectivity index (χ1n) is 5.43. The summed E-state index contributed by atoms with van der Waals surface area (Å²) in [6.45, 7) is 3.10. The quantitative estimate of drug-likeness (QED) is 0.641. The van der Waals surface area contributed by atoms with E-state index in [1.807, 2.05) is 17.5 Å². The molecule has 0 saturated carbocycles. The third-order valence-corrected chi connectivity index (χ3v) is 3.41. The smallest absolute Gasteiger partial charge is 0.328 e. The van der Waals surface area contributed by atoms with Gasteiger partial charge >= 0.3 is 12.0 Å². The molecule has 4 N–H and O–H groups in total. The van der Waals surface area contributed by atoms with Crippen molar-refractivity contribution in [1.29, 1.82) is 0 Å². The molecule has 1 unspecified atom stereocenters. The summed E-state index contributed by atoms with van der Waals surface area (Å²) in [4.78, 5) is 23.3. The number of urea groups is 1. The number of aliphatic carboxylic acids is 1. The van der Waals surface area contributed by atoms with E-state index in [4.69, 9.17) is 5.11 Å². The average molecular weight is 272 g/mol. The molecule has 0 aliphatic heterocycles. The van der Waals surface area contributed by atoms with Crippen molar-refractivity contribution < 1.29 is 19.8 Å². The van der Waals surface area contributed by atoms with Gasteiger partial charge in [-0.3, -0.25) is 0 Å². The van der Waals surface area contributed by atoms with Gasteiger partial charge in [0.05, 0.1) is 12.1 Å². The molecule has 0 bridgehead atoms. The normalized spacial score (nSPS) is 15.5. The summed E-state index contributed by atoms with van der Waals surface area (Å²) in [6, 6.07) is 1.59. The number of hydrogen-bond acceptors (Lipinski definition) is 4. The van der Waals surface area contributed by atoms with E-state index in [9.17, 15) is 14.7 Å². The van der Waals surface area contributed by atoms with E-state index >= 15 is 0 Å². The number of carboxylic acids is 1. The first kappa shape index (κ1) is 14.5. The molecule has 1 rings (SSSR count). The van der Waals surface area contributed by atoms with Crippen LogP contribution in [0.1, 0.15) is 24.8 Å². The molecular formula is C11H16N2O4S. The van der Waals surface area contributed by atoms with Crippen molar-refractivity contribution in [1.82, 2.24) is 10.6 Å². The van der Waals surface area contributed by atoms with Gasteiger partial charge in [0, 0.05) is 4.88 Å². The topological polar surface area (TPSA) is 98.7 Å². The Bertz CT molecular complexity index is 405. The lowest BCUT2D eigenvalue weighted by Crippen LogP contribution is -2.51. The molecular weight excluding hydrogens is 256 g/mol. The van der Waals surface area contributed by atoms with E-state index in [0.29, 0.717) is 0 Å². The highest BCUT2D eigenvalue weighted by Gasteiger charge is 2.25. The molecule has 100 valence electrons. The van der Waals surface area contributed by atoms with Crippen molar-refractivity contribution in [3.63, 3.8) is 0 Å². The second kappa shape index (κ2) is 6.36. The molecule has 0 aromatic carbocycles. The monoisotopic (exact) mass is 272 g/mol. The van der Waals surface area contributed by atoms with Gasteiger partial charge in [-0.2, -0.15) is 0 Å². The maximum absolute atomic E-state index is 11.6. The van der Waals surface area contributed by atoms with Crippen molar-refractivity contribution in [2.24, 2.45) is 0 Å². The summed E-state index contributed by atoms with van der Waals surface area (Å²) < 4.78 is 0. The Hall–Kier alpha value is -1.60. The molecule has 0 saturated heterocycles. The number of rotatable bonds is 5. The third-order valence-electron chi connectivity index (χ3n) is 2.35. The zero-order valence-electron chi connectivity index (χ0n) is 10.1. The van der Waals surface area contributed by atoms with Crippen molar-refractivity contribution >= 4 is 23.3 Å². The number of hydrogen-bond donors (Lipinski definition) is 4. The summed E-state index contributed by atoms with van der Waals surface area (Å²) in [7, 11) is 0. The first-order chi connectivity index (χ1) is 8.41. The molecule has 2 amide bonds. The molecule has 3 atom stereocenters. The first-order valence-corrected chi connectivity index (χ1v) is 6.31. The van der Waals surface area contributed by atoms with Gasteiger partial charge < -0.3 is 20.8 Å². The Kier molecular flexibility index (Phi) is 5.11. The molecule has 7 heteroatoms. The van der Waals surface area contributed by atoms with Gasteiger partial charge in [0.2, 0.25) is 0 Å². The SMILES string of the molecule is CC(NC(=O)N[C@H](C(=O)O)[C@@H](C)O)c1cccs1. The van der Waals surface area contributed by atoms with Crippen molar-refractivity contribution in [2.75, 3.05) is 0 Å². The van der Waals surface area contributed by atoms with Gasteiger partial charge in [0.1, 0.15) is 0 Å². The van der Waals surface area contributed by atoms with Crippen LogP contribution in [0, 0.1) is 0 Å². The number of amides is 2. The highest BCUT2D eigenvalue weighted by molar-refractivity contribution is 7.10. The Morgan fingerprint density at radius 1 is 1.33 bits per heavy atom. The van der Waals surface area contributed by atoms with Gasteiger partial charge in [0.25, 0.3) is 0 Å². The summed E-state index contributed by atoms with van der Waals surface area (Å²) in [5, 5.41) is 24.8. The van der Waals surface area contributed by atoms with Crippen molar-refractivity contribution in [3.05, 3.63) is 22.4 Å². The van der Waals surface area contributed by atoms with E-state index < -0.39 is 24.1 Å². The molecule has 0 aliphatic carbocycles. The Morgan fingerprint density at radius 3 is 2.44 bits per heavy atom. The van der Waals surface area contributed by atoms with Crippen LogP contribution in [-0.2, 0) is 4.79 Å². The fourth-order valence-corrected chi connectivity index (χ4v) is 2.11. The zero-order valence-corrected chi connectivity index (χ0v) is 10.9. The number of carboxylic acid groups (broad SMARTS) is 1. The van der Waals surface area contributed by atoms with Crippen LogP contribution >= 0.6 is 11.3 Å². The number of aliphatic hydroxyl groups excluding tert-OH is 1. The average Bonchev–Trinajstić information content (AvgIpc) is 2.78. The van der Waals surface area contributed by atoms with E-state index in [2.05, 4.69) is 10.6 Å². The van der Waals surface area contributed by atoms with Crippen LogP contribution in [0.3, 0.4) is 0 Å². The highest BCUT2D eigenvalue weighted by atomic mass is 32.1. The van der Waals surface area contributed by atoms with Gasteiger partial charge in [-0.25, -0.2) is 9.59 Å². The number of thiophene rings is 1. The summed E-state index contributed by atoms with van der Waals surface area (Å²) in [5.41, 5.74) is 0. The number of nitrogens with one attached hydrogen (secondary N) is 2. The number of carbonyl (C=O) groups is 2. The van der Waals surface area contributed by atoms with E-state index in [1.54, 1.807) is 6.92 Å². The lowest BCUT2D eigenvalue weighted by molar-refractivity contribution is -0.141. The molecule has 0 radical (unpaired) electrons. The largest absolute Gasteiger partial charge is 0.480 e. The predicted molar refractivity (Wildman–Crippen MR) is 67.5 cm³/mol. The standard InChI is InChI=1S/C11H16N2O4S/c1-6(8-4-3-5-18-8)12-11(17)13-9(7(2)14)10(15)16/h3-7,9,14H,1-2H3,(H,15,16)(H2,12,13,17)/t6?,7-,9+/m1/s1. The zero-order chi connectivity index (χ0) is 13.7. The molecule has 0 spiro atoms. The van der Waals surface area contributed by atoms with Crippen LogP contribution < -0.4 is 10.6 Å². The summed E-state index contributed by atoms with van der Waals surface area (Å²) in [5.74, 6) is -1.27. The Morgan fingerprint density at radius 2 is 2.00 bits per heavy atom. The van der Waals surface area contributed by atoms with Crippen LogP contribution in [0.2, 0.25) is 0 Å². The van der Waals surface area contributed by atoms with Crippen LogP contribution in [0.4, 0.5) is 4.79 Å². The Balaban J connectivity index is 2.53. The number of carbonyl (C=O) groups excluding carboxylic acids is 1. The molecule has 1 aromatic rings. The maximum atomic E-state index is 11.6. The predicted octanol–water partition coefficient (Wildman–Crippen LogP) is 0.942. The Labute approximate surface area is 109 Å². The minimum absolute atomic E-state index is 0.214. The van der Waals surface area contributed by atoms with E-state index in [1.165, 1.54) is 18.3 Å². The maximum Gasteiger partial charge on any atom is 0.328 e. The molecule has 0 fully saturated rings. The van der Waals surface area contributed by atoms with Crippen LogP contribution in [0.15, 0.2) is 17.5 Å². The van der Waals surface area contributed by atoms with Crippen molar-refractivity contribution in [3.8, 4) is 0 Å². The van der Waals surface area contributed by atoms with Crippen LogP contribution in [0.5, 0.6) is 0 Å². The third kappa shape index (κ3) is 4.01. The fourth-order valence-electron chi connectivity index (χ4n) is 1.38. The summed E-state index contributed by atoms with van der Waals surface area (Å²) >= 11 is 1.50. The minimum atomic E-state index is -1.32. The second-order valence-corrected chi connectivity index (χ2v) is 4.89. The van der Waals surface area contributed by atoms with Gasteiger partial charge in [-0.05, 0) is 25.3 Å². The molecule has 1 heterocycles. The molecule has 18 heavy (non-hydrogen) atoms. The minimum Gasteiger partial charge on any atom is -0.480 e. The summed E-state index contributed by atoms with van der Waals surface area (Å²) in [6.07, 6.45) is -1.16. The number of aliphatic hydroxyl groups is 1. The van der Waals surface area contributed by atoms with E-state index in [0.717, 1.165) is 4.88 Å². The highest BCUT2D eigenvalue weighted by Crippen LogP contribution is 2.17. The molecule has 6 nitrogen and oxygen atoms in total. The lowest BCUT2D eigenvalue weighted by Gasteiger charge is -2.19. The molecule has 0 aliphatic rings. The lowest BCUT2D eigenvalue weighted by atomic mass is 10.2. The van der Waals surface area contributed by atoms with Crippen molar-refractivity contribution in [2.45, 2.75) is 32.0 Å².